The summed E-state index contributed by atoms with van der Waals surface area (Å²) in [6.45, 7) is 2.74. The number of aryl methyl sites for hydroxylation is 1. The molecule has 4 nitrogen and oxygen atoms in total. The molecule has 2 heterocycles. The summed E-state index contributed by atoms with van der Waals surface area (Å²) in [6.07, 6.45) is 5.17. The summed E-state index contributed by atoms with van der Waals surface area (Å²) >= 11 is 0. The van der Waals surface area contributed by atoms with E-state index in [2.05, 4.69) is 22.2 Å². The van der Waals surface area contributed by atoms with E-state index in [4.69, 9.17) is 0 Å². The number of aromatic nitrogens is 2. The zero-order valence-electron chi connectivity index (χ0n) is 13.8. The first kappa shape index (κ1) is 14.9. The number of carbonyl (C=O) groups excluding carboxylic acids is 1. The molecule has 0 unspecified atom stereocenters. The van der Waals surface area contributed by atoms with Crippen LogP contribution in [0.15, 0.2) is 42.6 Å². The van der Waals surface area contributed by atoms with Gasteiger partial charge in [-0.3, -0.25) is 9.78 Å². The molecule has 0 saturated carbocycles. The fourth-order valence-electron chi connectivity index (χ4n) is 3.51. The van der Waals surface area contributed by atoms with E-state index in [9.17, 15) is 4.79 Å². The first-order chi connectivity index (χ1) is 11.7. The van der Waals surface area contributed by atoms with Gasteiger partial charge in [-0.2, -0.15) is 0 Å². The molecule has 1 aliphatic rings. The minimum atomic E-state index is -0.0543. The molecule has 0 aliphatic heterocycles. The maximum absolute atomic E-state index is 12.5. The summed E-state index contributed by atoms with van der Waals surface area (Å²) in [5, 5.41) is 4.15. The summed E-state index contributed by atoms with van der Waals surface area (Å²) in [4.78, 5) is 20.2. The van der Waals surface area contributed by atoms with Gasteiger partial charge in [0.2, 0.25) is 0 Å². The van der Waals surface area contributed by atoms with Gasteiger partial charge in [-0.1, -0.05) is 13.0 Å². The highest BCUT2D eigenvalue weighted by atomic mass is 16.1. The second kappa shape index (κ2) is 6.11. The van der Waals surface area contributed by atoms with Gasteiger partial charge in [0.05, 0.1) is 12.2 Å². The molecule has 2 N–H and O–H groups in total. The number of benzene rings is 1. The number of hydrogen-bond donors (Lipinski definition) is 2. The Kier molecular flexibility index (Phi) is 3.81. The third-order valence-electron chi connectivity index (χ3n) is 4.85. The number of nitrogens with one attached hydrogen (secondary N) is 2. The van der Waals surface area contributed by atoms with Crippen molar-refractivity contribution in [2.45, 2.75) is 32.7 Å². The molecular formula is C20H21N3O. The predicted molar refractivity (Wildman–Crippen MR) is 94.9 cm³/mol. The van der Waals surface area contributed by atoms with Crippen LogP contribution >= 0.6 is 0 Å². The zero-order valence-corrected chi connectivity index (χ0v) is 13.8. The monoisotopic (exact) mass is 319 g/mol. The van der Waals surface area contributed by atoms with Crippen molar-refractivity contribution < 1.29 is 4.79 Å². The Labute approximate surface area is 141 Å². The van der Waals surface area contributed by atoms with Gasteiger partial charge in [-0.05, 0) is 61.1 Å². The molecule has 1 amide bonds. The molecule has 1 aliphatic carbocycles. The van der Waals surface area contributed by atoms with Gasteiger partial charge in [0.15, 0.2) is 0 Å². The van der Waals surface area contributed by atoms with Gasteiger partial charge in [-0.25, -0.2) is 0 Å². The second-order valence-electron chi connectivity index (χ2n) is 6.69. The average Bonchev–Trinajstić information content (AvgIpc) is 2.97. The lowest BCUT2D eigenvalue weighted by atomic mass is 9.87. The van der Waals surface area contributed by atoms with E-state index in [0.29, 0.717) is 18.0 Å². The van der Waals surface area contributed by atoms with Crippen LogP contribution in [0.25, 0.3) is 10.9 Å². The maximum Gasteiger partial charge on any atom is 0.251 e. The Hall–Kier alpha value is -2.62. The number of H-pyrrole nitrogens is 1. The van der Waals surface area contributed by atoms with Crippen molar-refractivity contribution in [1.29, 1.82) is 0 Å². The normalized spacial score (nSPS) is 16.8. The van der Waals surface area contributed by atoms with E-state index in [1.807, 2.05) is 36.4 Å². The molecule has 24 heavy (non-hydrogen) atoms. The average molecular weight is 319 g/mol. The van der Waals surface area contributed by atoms with Crippen molar-refractivity contribution in [2.75, 3.05) is 0 Å². The summed E-state index contributed by atoms with van der Waals surface area (Å²) in [6, 6.07) is 11.6. The Balaban J connectivity index is 1.58. The maximum atomic E-state index is 12.5. The molecule has 0 fully saturated rings. The number of carbonyl (C=O) groups is 1. The number of hydrogen-bond acceptors (Lipinski definition) is 2. The number of rotatable bonds is 3. The summed E-state index contributed by atoms with van der Waals surface area (Å²) in [7, 11) is 0. The molecule has 1 atom stereocenters. The standard InChI is InChI=1S/C20H21N3O/c1-13-5-7-18-16(10-13)17-11-14(6-8-19(17)23-18)20(24)22-12-15-4-2-3-9-21-15/h2-4,6,8-9,11,13,23H,5,7,10,12H2,1H3,(H,22,24)/t13-/m1/s1. The van der Waals surface area contributed by atoms with Crippen molar-refractivity contribution in [1.82, 2.24) is 15.3 Å². The summed E-state index contributed by atoms with van der Waals surface area (Å²) in [5.41, 5.74) is 5.44. The van der Waals surface area contributed by atoms with Gasteiger partial charge in [-0.15, -0.1) is 0 Å². The summed E-state index contributed by atoms with van der Waals surface area (Å²) in [5.74, 6) is 0.652. The van der Waals surface area contributed by atoms with Crippen molar-refractivity contribution in [3.05, 3.63) is 65.1 Å². The third kappa shape index (κ3) is 2.80. The lowest BCUT2D eigenvalue weighted by Crippen LogP contribution is -2.23. The number of amides is 1. The highest BCUT2D eigenvalue weighted by Crippen LogP contribution is 2.32. The van der Waals surface area contributed by atoms with Crippen LogP contribution in [0.1, 0.15) is 40.7 Å². The fraction of sp³-hybridized carbons (Fsp3) is 0.300. The number of aromatic amines is 1. The predicted octanol–water partition coefficient (Wildman–Crippen LogP) is 3.62. The van der Waals surface area contributed by atoms with Crippen molar-refractivity contribution in [3.8, 4) is 0 Å². The topological polar surface area (TPSA) is 57.8 Å². The van der Waals surface area contributed by atoms with Crippen LogP contribution in [0.5, 0.6) is 0 Å². The largest absolute Gasteiger partial charge is 0.358 e. The Morgan fingerprint density at radius 2 is 2.25 bits per heavy atom. The molecule has 0 spiro atoms. The van der Waals surface area contributed by atoms with Crippen molar-refractivity contribution in [3.63, 3.8) is 0 Å². The third-order valence-corrected chi connectivity index (χ3v) is 4.85. The minimum Gasteiger partial charge on any atom is -0.358 e. The van der Waals surface area contributed by atoms with Gasteiger partial charge in [0.1, 0.15) is 0 Å². The van der Waals surface area contributed by atoms with Crippen LogP contribution in [-0.2, 0) is 19.4 Å². The molecule has 3 aromatic rings. The van der Waals surface area contributed by atoms with Crippen molar-refractivity contribution in [2.24, 2.45) is 5.92 Å². The smallest absolute Gasteiger partial charge is 0.251 e. The summed E-state index contributed by atoms with van der Waals surface area (Å²) < 4.78 is 0. The number of fused-ring (bicyclic) bond motifs is 3. The van der Waals surface area contributed by atoms with Crippen LogP contribution in [0.2, 0.25) is 0 Å². The molecule has 122 valence electrons. The number of pyridine rings is 1. The van der Waals surface area contributed by atoms with Gasteiger partial charge >= 0.3 is 0 Å². The SMILES string of the molecule is C[C@@H]1CCc2[nH]c3ccc(C(=O)NCc4ccccn4)cc3c2C1. The highest BCUT2D eigenvalue weighted by Gasteiger charge is 2.20. The van der Waals surface area contributed by atoms with Crippen LogP contribution < -0.4 is 5.32 Å². The zero-order chi connectivity index (χ0) is 16.5. The molecule has 4 rings (SSSR count). The lowest BCUT2D eigenvalue weighted by Gasteiger charge is -2.18. The van der Waals surface area contributed by atoms with Gasteiger partial charge < -0.3 is 10.3 Å². The van der Waals surface area contributed by atoms with E-state index in [1.165, 1.54) is 23.1 Å². The van der Waals surface area contributed by atoms with E-state index in [-0.39, 0.29) is 5.91 Å². The molecule has 2 aromatic heterocycles. The second-order valence-corrected chi connectivity index (χ2v) is 6.69. The first-order valence-electron chi connectivity index (χ1n) is 8.52. The van der Waals surface area contributed by atoms with Crippen LogP contribution in [0.4, 0.5) is 0 Å². The molecule has 0 bridgehead atoms. The highest BCUT2D eigenvalue weighted by molar-refractivity contribution is 5.99. The quantitative estimate of drug-likeness (QED) is 0.774. The Morgan fingerprint density at radius 3 is 3.08 bits per heavy atom. The van der Waals surface area contributed by atoms with Crippen LogP contribution in [-0.4, -0.2) is 15.9 Å². The van der Waals surface area contributed by atoms with Gasteiger partial charge in [0, 0.05) is 28.4 Å². The van der Waals surface area contributed by atoms with E-state index < -0.39 is 0 Å². The van der Waals surface area contributed by atoms with E-state index in [0.717, 1.165) is 24.1 Å². The van der Waals surface area contributed by atoms with Gasteiger partial charge in [0.25, 0.3) is 5.91 Å². The molecule has 1 aromatic carbocycles. The Morgan fingerprint density at radius 1 is 1.33 bits per heavy atom. The minimum absolute atomic E-state index is 0.0543. The number of nitrogens with zero attached hydrogens (tertiary/aromatic N) is 1. The van der Waals surface area contributed by atoms with Crippen LogP contribution in [0, 0.1) is 5.92 Å². The first-order valence-corrected chi connectivity index (χ1v) is 8.52. The van der Waals surface area contributed by atoms with E-state index in [1.54, 1.807) is 6.20 Å². The molecule has 0 radical (unpaired) electrons. The van der Waals surface area contributed by atoms with E-state index >= 15 is 0 Å². The molecular weight excluding hydrogens is 298 g/mol. The fourth-order valence-corrected chi connectivity index (χ4v) is 3.51. The van der Waals surface area contributed by atoms with Crippen molar-refractivity contribution >= 4 is 16.8 Å². The lowest BCUT2D eigenvalue weighted by molar-refractivity contribution is 0.0950. The molecule has 0 saturated heterocycles. The molecule has 4 heteroatoms. The Bertz CT molecular complexity index is 883. The van der Waals surface area contributed by atoms with Crippen LogP contribution in [0.3, 0.4) is 0 Å².